The molecule has 0 bridgehead atoms. The third-order valence-corrected chi connectivity index (χ3v) is 4.86. The highest BCUT2D eigenvalue weighted by Crippen LogP contribution is 2.23. The van der Waals surface area contributed by atoms with Crippen molar-refractivity contribution in [3.05, 3.63) is 50.6 Å². The fraction of sp³-hybridized carbons (Fsp3) is 0.278. The van der Waals surface area contributed by atoms with Gasteiger partial charge >= 0.3 is 5.97 Å². The fourth-order valence-corrected chi connectivity index (χ4v) is 3.05. The predicted molar refractivity (Wildman–Crippen MR) is 101 cm³/mol. The average Bonchev–Trinajstić information content (AvgIpc) is 2.98. The molecule has 0 unspecified atom stereocenters. The molecule has 0 saturated heterocycles. The van der Waals surface area contributed by atoms with E-state index in [0.29, 0.717) is 16.1 Å². The van der Waals surface area contributed by atoms with Crippen molar-refractivity contribution in [3.8, 4) is 0 Å². The largest absolute Gasteiger partial charge is 0.453 e. The summed E-state index contributed by atoms with van der Waals surface area (Å²) < 4.78 is 5.85. The number of rotatable bonds is 5. The van der Waals surface area contributed by atoms with Crippen LogP contribution < -0.4 is 5.32 Å². The van der Waals surface area contributed by atoms with Crippen LogP contribution in [-0.4, -0.2) is 24.3 Å². The highest BCUT2D eigenvalue weighted by Gasteiger charge is 2.21. The zero-order chi connectivity index (χ0) is 18.6. The molecule has 1 N–H and O–H groups in total. The van der Waals surface area contributed by atoms with Crippen LogP contribution in [0.4, 0.5) is 5.69 Å². The molecule has 0 aliphatic heterocycles. The van der Waals surface area contributed by atoms with Crippen molar-refractivity contribution in [1.29, 1.82) is 0 Å². The molecule has 0 aliphatic rings. The number of carbonyl (C=O) groups is 3. The normalized spacial score (nSPS) is 11.0. The zero-order valence-electron chi connectivity index (χ0n) is 14.1. The fourth-order valence-electron chi connectivity index (χ4n) is 1.77. The van der Waals surface area contributed by atoms with E-state index in [1.54, 1.807) is 36.4 Å². The van der Waals surface area contributed by atoms with Crippen LogP contribution in [0.25, 0.3) is 0 Å². The van der Waals surface area contributed by atoms with Crippen molar-refractivity contribution < 1.29 is 19.1 Å². The van der Waals surface area contributed by atoms with Crippen molar-refractivity contribution in [3.63, 3.8) is 0 Å². The number of anilines is 1. The van der Waals surface area contributed by atoms with Crippen molar-refractivity contribution >= 4 is 50.6 Å². The van der Waals surface area contributed by atoms with Gasteiger partial charge in [-0.05, 0) is 52.3 Å². The Morgan fingerprint density at radius 3 is 2.24 bits per heavy atom. The number of ketones is 1. The Bertz CT molecular complexity index is 790. The molecule has 0 radical (unpaired) electrons. The molecule has 1 aromatic carbocycles. The highest BCUT2D eigenvalue weighted by molar-refractivity contribution is 9.11. The van der Waals surface area contributed by atoms with Crippen LogP contribution in [0.3, 0.4) is 0 Å². The third-order valence-electron chi connectivity index (χ3n) is 3.25. The summed E-state index contributed by atoms with van der Waals surface area (Å²) >= 11 is 4.51. The van der Waals surface area contributed by atoms with Gasteiger partial charge in [0, 0.05) is 16.7 Å². The summed E-state index contributed by atoms with van der Waals surface area (Å²) in [7, 11) is 0. The minimum absolute atomic E-state index is 0.109. The van der Waals surface area contributed by atoms with Gasteiger partial charge in [-0.25, -0.2) is 4.79 Å². The van der Waals surface area contributed by atoms with Crippen LogP contribution in [0.5, 0.6) is 0 Å². The molecule has 5 nitrogen and oxygen atoms in total. The van der Waals surface area contributed by atoms with Gasteiger partial charge in [0.25, 0.3) is 0 Å². The molecule has 2 aromatic rings. The van der Waals surface area contributed by atoms with E-state index in [-0.39, 0.29) is 18.3 Å². The van der Waals surface area contributed by atoms with E-state index in [1.165, 1.54) is 11.3 Å². The number of ether oxygens (including phenoxy) is 1. The van der Waals surface area contributed by atoms with Crippen LogP contribution in [0, 0.1) is 5.41 Å². The summed E-state index contributed by atoms with van der Waals surface area (Å²) in [4.78, 5) is 36.3. The van der Waals surface area contributed by atoms with Crippen LogP contribution in [0.2, 0.25) is 0 Å². The number of hydrogen-bond acceptors (Lipinski definition) is 5. The maximum absolute atomic E-state index is 12.1. The first-order valence-electron chi connectivity index (χ1n) is 7.54. The van der Waals surface area contributed by atoms with Gasteiger partial charge < -0.3 is 10.1 Å². The standard InChI is InChI=1S/C18H18BrNO4S/c1-18(2,3)17(23)20-12-6-4-11(5-7-12)13(21)10-24-16(22)14-8-9-15(19)25-14/h4-9H,10H2,1-3H3,(H,20,23). The monoisotopic (exact) mass is 423 g/mol. The Morgan fingerprint density at radius 1 is 1.08 bits per heavy atom. The molecule has 1 aromatic heterocycles. The van der Waals surface area contributed by atoms with Gasteiger partial charge in [-0.2, -0.15) is 0 Å². The minimum Gasteiger partial charge on any atom is -0.453 e. The average molecular weight is 424 g/mol. The van der Waals surface area contributed by atoms with E-state index in [1.807, 2.05) is 20.8 Å². The van der Waals surface area contributed by atoms with Gasteiger partial charge in [0.05, 0.1) is 3.79 Å². The lowest BCUT2D eigenvalue weighted by Crippen LogP contribution is -2.27. The van der Waals surface area contributed by atoms with Gasteiger partial charge in [-0.3, -0.25) is 9.59 Å². The molecule has 0 aliphatic carbocycles. The van der Waals surface area contributed by atoms with Gasteiger partial charge in [-0.1, -0.05) is 20.8 Å². The lowest BCUT2D eigenvalue weighted by atomic mass is 9.95. The van der Waals surface area contributed by atoms with Crippen molar-refractivity contribution in [1.82, 2.24) is 0 Å². The summed E-state index contributed by atoms with van der Waals surface area (Å²) in [5, 5.41) is 2.78. The van der Waals surface area contributed by atoms with Crippen LogP contribution in [0.15, 0.2) is 40.2 Å². The Morgan fingerprint density at radius 2 is 1.72 bits per heavy atom. The van der Waals surface area contributed by atoms with E-state index in [2.05, 4.69) is 21.2 Å². The number of nitrogens with one attached hydrogen (secondary N) is 1. The molecule has 2 rings (SSSR count). The molecule has 0 saturated carbocycles. The number of carbonyl (C=O) groups excluding carboxylic acids is 3. The molecular formula is C18H18BrNO4S. The molecule has 7 heteroatoms. The van der Waals surface area contributed by atoms with Crippen LogP contribution in [-0.2, 0) is 9.53 Å². The molecule has 0 atom stereocenters. The number of thiophene rings is 1. The highest BCUT2D eigenvalue weighted by atomic mass is 79.9. The third kappa shape index (κ3) is 5.51. The first-order valence-corrected chi connectivity index (χ1v) is 9.15. The van der Waals surface area contributed by atoms with E-state index in [4.69, 9.17) is 4.74 Å². The second-order valence-electron chi connectivity index (χ2n) is 6.38. The Balaban J connectivity index is 1.92. The summed E-state index contributed by atoms with van der Waals surface area (Å²) in [6.45, 7) is 5.13. The second-order valence-corrected chi connectivity index (χ2v) is 8.85. The van der Waals surface area contributed by atoms with Crippen LogP contribution >= 0.6 is 27.3 Å². The lowest BCUT2D eigenvalue weighted by molar-refractivity contribution is -0.123. The van der Waals surface area contributed by atoms with Crippen molar-refractivity contribution in [2.24, 2.45) is 5.41 Å². The minimum atomic E-state index is -0.530. The second kappa shape index (κ2) is 7.93. The first kappa shape index (κ1) is 19.3. The molecule has 0 fully saturated rings. The predicted octanol–water partition coefficient (Wildman–Crippen LogP) is 4.53. The van der Waals surface area contributed by atoms with Crippen molar-refractivity contribution in [2.45, 2.75) is 20.8 Å². The number of benzene rings is 1. The lowest BCUT2D eigenvalue weighted by Gasteiger charge is -2.17. The van der Waals surface area contributed by atoms with Gasteiger partial charge in [0.1, 0.15) is 4.88 Å². The topological polar surface area (TPSA) is 72.5 Å². The van der Waals surface area contributed by atoms with E-state index < -0.39 is 11.4 Å². The summed E-state index contributed by atoms with van der Waals surface area (Å²) in [6.07, 6.45) is 0. The number of esters is 1. The summed E-state index contributed by atoms with van der Waals surface area (Å²) in [5.74, 6) is -0.946. The summed E-state index contributed by atoms with van der Waals surface area (Å²) in [6, 6.07) is 9.86. The number of amides is 1. The summed E-state index contributed by atoms with van der Waals surface area (Å²) in [5.41, 5.74) is 0.519. The molecule has 0 spiro atoms. The number of halogens is 1. The van der Waals surface area contributed by atoms with E-state index in [0.717, 1.165) is 3.79 Å². The smallest absolute Gasteiger partial charge is 0.348 e. The maximum Gasteiger partial charge on any atom is 0.348 e. The SMILES string of the molecule is CC(C)(C)C(=O)Nc1ccc(C(=O)COC(=O)c2ccc(Br)s2)cc1. The first-order chi connectivity index (χ1) is 11.7. The van der Waals surface area contributed by atoms with Crippen LogP contribution in [0.1, 0.15) is 40.8 Å². The van der Waals surface area contributed by atoms with Gasteiger partial charge in [-0.15, -0.1) is 11.3 Å². The van der Waals surface area contributed by atoms with Gasteiger partial charge in [0.15, 0.2) is 12.4 Å². The maximum atomic E-state index is 12.1. The van der Waals surface area contributed by atoms with E-state index >= 15 is 0 Å². The van der Waals surface area contributed by atoms with Crippen molar-refractivity contribution in [2.75, 3.05) is 11.9 Å². The molecule has 1 heterocycles. The number of hydrogen-bond donors (Lipinski definition) is 1. The molecule has 25 heavy (non-hydrogen) atoms. The quantitative estimate of drug-likeness (QED) is 0.565. The molecule has 1 amide bonds. The Labute approximate surface area is 158 Å². The molecule has 132 valence electrons. The molecular weight excluding hydrogens is 406 g/mol. The van der Waals surface area contributed by atoms with E-state index in [9.17, 15) is 14.4 Å². The zero-order valence-corrected chi connectivity index (χ0v) is 16.5. The Kier molecular flexibility index (Phi) is 6.13. The van der Waals surface area contributed by atoms with Gasteiger partial charge in [0.2, 0.25) is 5.91 Å². The number of Topliss-reactive ketones (excluding diaryl/α,β-unsaturated/α-hetero) is 1. The Hall–Kier alpha value is -1.99.